The minimum absolute atomic E-state index is 0.115. The van der Waals surface area contributed by atoms with Gasteiger partial charge in [0.1, 0.15) is 5.82 Å². The second-order valence-corrected chi connectivity index (χ2v) is 5.77. The Balaban J connectivity index is 2.10. The Morgan fingerprint density at radius 3 is 2.00 bits per heavy atom. The molecule has 2 rings (SSSR count). The van der Waals surface area contributed by atoms with E-state index in [1.165, 1.54) is 19.2 Å². The van der Waals surface area contributed by atoms with Gasteiger partial charge in [0.05, 0.1) is 25.8 Å². The normalized spacial score (nSPS) is 10.6. The fourth-order valence-corrected chi connectivity index (χ4v) is 2.53. The molecule has 0 radical (unpaired) electrons. The van der Waals surface area contributed by atoms with Crippen molar-refractivity contribution in [1.82, 2.24) is 4.90 Å². The van der Waals surface area contributed by atoms with E-state index in [0.717, 1.165) is 11.1 Å². The molecule has 0 saturated heterocycles. The van der Waals surface area contributed by atoms with Crippen LogP contribution >= 0.6 is 0 Å². The molecule has 0 unspecified atom stereocenters. The van der Waals surface area contributed by atoms with E-state index in [0.29, 0.717) is 25.3 Å². The van der Waals surface area contributed by atoms with E-state index in [1.807, 2.05) is 17.0 Å². The van der Waals surface area contributed by atoms with Crippen LogP contribution in [-0.2, 0) is 27.4 Å². The van der Waals surface area contributed by atoms with Gasteiger partial charge in [0.25, 0.3) is 0 Å². The van der Waals surface area contributed by atoms with Gasteiger partial charge in [0.2, 0.25) is 0 Å². The van der Waals surface area contributed by atoms with E-state index >= 15 is 0 Å². The molecule has 5 nitrogen and oxygen atoms in total. The van der Waals surface area contributed by atoms with Crippen molar-refractivity contribution in [2.24, 2.45) is 0 Å². The van der Waals surface area contributed by atoms with Gasteiger partial charge in [-0.05, 0) is 42.3 Å². The van der Waals surface area contributed by atoms with Crippen LogP contribution in [0.3, 0.4) is 0 Å². The maximum atomic E-state index is 13.1. The first kappa shape index (κ1) is 19.6. The molecule has 26 heavy (non-hydrogen) atoms. The minimum atomic E-state index is -0.397. The average molecular weight is 359 g/mol. The predicted octanol–water partition coefficient (Wildman–Crippen LogP) is 3.18. The molecule has 0 bridgehead atoms. The number of hydrogen-bond acceptors (Lipinski definition) is 5. The van der Waals surface area contributed by atoms with Crippen LogP contribution in [0.25, 0.3) is 0 Å². The third-order valence-electron chi connectivity index (χ3n) is 3.76. The number of rotatable bonds is 8. The fourth-order valence-electron chi connectivity index (χ4n) is 2.53. The summed E-state index contributed by atoms with van der Waals surface area (Å²) in [6.07, 6.45) is 0. The Labute approximate surface area is 152 Å². The van der Waals surface area contributed by atoms with Crippen molar-refractivity contribution in [3.63, 3.8) is 0 Å². The van der Waals surface area contributed by atoms with Gasteiger partial charge in [-0.3, -0.25) is 9.69 Å². The number of nitrogens with zero attached hydrogens (tertiary/aromatic N) is 1. The average Bonchev–Trinajstić information content (AvgIpc) is 2.63. The number of ether oxygens (including phenoxy) is 2. The summed E-state index contributed by atoms with van der Waals surface area (Å²) in [6, 6.07) is 13.2. The maximum Gasteiger partial charge on any atom is 0.337 e. The van der Waals surface area contributed by atoms with Crippen molar-refractivity contribution in [2.45, 2.75) is 20.0 Å². The summed E-state index contributed by atoms with van der Waals surface area (Å²) in [5, 5.41) is 0. The molecule has 0 N–H and O–H groups in total. The third-order valence-corrected chi connectivity index (χ3v) is 3.76. The van der Waals surface area contributed by atoms with E-state index < -0.39 is 5.97 Å². The van der Waals surface area contributed by atoms with Crippen LogP contribution in [0, 0.1) is 5.82 Å². The molecule has 2 aromatic rings. The zero-order valence-electron chi connectivity index (χ0n) is 14.9. The summed E-state index contributed by atoms with van der Waals surface area (Å²) in [5.41, 5.74) is 2.29. The van der Waals surface area contributed by atoms with Crippen LogP contribution in [-0.4, -0.2) is 37.1 Å². The molecule has 0 spiro atoms. The molecule has 0 aliphatic carbocycles. The Bertz CT molecular complexity index is 728. The molecule has 0 atom stereocenters. The number of halogens is 1. The molecular weight excluding hydrogens is 337 g/mol. The van der Waals surface area contributed by atoms with Crippen molar-refractivity contribution in [3.05, 3.63) is 71.0 Å². The van der Waals surface area contributed by atoms with Gasteiger partial charge in [-0.1, -0.05) is 24.3 Å². The highest BCUT2D eigenvalue weighted by Crippen LogP contribution is 2.13. The predicted molar refractivity (Wildman–Crippen MR) is 94.9 cm³/mol. The summed E-state index contributed by atoms with van der Waals surface area (Å²) in [6.45, 7) is 3.14. The number of carbonyl (C=O) groups excluding carboxylic acids is 2. The molecule has 0 aliphatic rings. The Hall–Kier alpha value is -2.73. The molecule has 0 fully saturated rings. The Morgan fingerprint density at radius 2 is 1.50 bits per heavy atom. The van der Waals surface area contributed by atoms with Crippen molar-refractivity contribution in [1.29, 1.82) is 0 Å². The quantitative estimate of drug-likeness (QED) is 0.678. The highest BCUT2D eigenvalue weighted by Gasteiger charge is 2.14. The largest absolute Gasteiger partial charge is 0.465 e. The second-order valence-electron chi connectivity index (χ2n) is 5.77. The van der Waals surface area contributed by atoms with E-state index in [2.05, 4.69) is 4.74 Å². The fraction of sp³-hybridized carbons (Fsp3) is 0.300. The maximum absolute atomic E-state index is 13.1. The van der Waals surface area contributed by atoms with Gasteiger partial charge >= 0.3 is 11.9 Å². The molecule has 0 amide bonds. The molecule has 6 heteroatoms. The Kier molecular flexibility index (Phi) is 7.29. The minimum Gasteiger partial charge on any atom is -0.465 e. The zero-order valence-corrected chi connectivity index (χ0v) is 14.9. The van der Waals surface area contributed by atoms with Crippen molar-refractivity contribution >= 4 is 11.9 Å². The van der Waals surface area contributed by atoms with Gasteiger partial charge in [0.15, 0.2) is 0 Å². The number of benzene rings is 2. The van der Waals surface area contributed by atoms with Gasteiger partial charge < -0.3 is 9.47 Å². The van der Waals surface area contributed by atoms with E-state index in [-0.39, 0.29) is 18.3 Å². The molecule has 138 valence electrons. The first-order chi connectivity index (χ1) is 12.5. The van der Waals surface area contributed by atoms with Crippen LogP contribution in [0.1, 0.15) is 28.4 Å². The summed E-state index contributed by atoms with van der Waals surface area (Å²) in [7, 11) is 1.33. The van der Waals surface area contributed by atoms with Crippen molar-refractivity contribution in [3.8, 4) is 0 Å². The van der Waals surface area contributed by atoms with E-state index in [9.17, 15) is 14.0 Å². The number of carbonyl (C=O) groups is 2. The Morgan fingerprint density at radius 1 is 0.962 bits per heavy atom. The van der Waals surface area contributed by atoms with Crippen LogP contribution in [0.5, 0.6) is 0 Å². The smallest absolute Gasteiger partial charge is 0.337 e. The van der Waals surface area contributed by atoms with Gasteiger partial charge in [0, 0.05) is 13.1 Å². The SMILES string of the molecule is CCOC(=O)CN(Cc1ccc(F)cc1)Cc1ccc(C(=O)OC)cc1. The van der Waals surface area contributed by atoms with Crippen molar-refractivity contribution in [2.75, 3.05) is 20.3 Å². The summed E-state index contributed by atoms with van der Waals surface area (Å²) in [5.74, 6) is -1.02. The van der Waals surface area contributed by atoms with E-state index in [4.69, 9.17) is 4.74 Å². The van der Waals surface area contributed by atoms with Crippen LogP contribution in [0.2, 0.25) is 0 Å². The summed E-state index contributed by atoms with van der Waals surface area (Å²) in [4.78, 5) is 25.3. The number of esters is 2. The topological polar surface area (TPSA) is 55.8 Å². The van der Waals surface area contributed by atoms with Crippen LogP contribution < -0.4 is 0 Å². The lowest BCUT2D eigenvalue weighted by Crippen LogP contribution is -2.30. The van der Waals surface area contributed by atoms with Crippen LogP contribution in [0.15, 0.2) is 48.5 Å². The number of methoxy groups -OCH3 is 1. The molecule has 2 aromatic carbocycles. The number of hydrogen-bond donors (Lipinski definition) is 0. The highest BCUT2D eigenvalue weighted by molar-refractivity contribution is 5.89. The standard InChI is InChI=1S/C20H22FNO4/c1-3-26-19(23)14-22(13-16-6-10-18(21)11-7-16)12-15-4-8-17(9-5-15)20(24)25-2/h4-11H,3,12-14H2,1-2H3. The highest BCUT2D eigenvalue weighted by atomic mass is 19.1. The molecular formula is C20H22FNO4. The lowest BCUT2D eigenvalue weighted by atomic mass is 10.1. The zero-order chi connectivity index (χ0) is 18.9. The van der Waals surface area contributed by atoms with Crippen LogP contribution in [0.4, 0.5) is 4.39 Å². The van der Waals surface area contributed by atoms with Gasteiger partial charge in [-0.15, -0.1) is 0 Å². The summed E-state index contributed by atoms with van der Waals surface area (Å²) >= 11 is 0. The van der Waals surface area contributed by atoms with Gasteiger partial charge in [-0.2, -0.15) is 0 Å². The monoisotopic (exact) mass is 359 g/mol. The lowest BCUT2D eigenvalue weighted by molar-refractivity contribution is -0.144. The second kappa shape index (κ2) is 9.68. The lowest BCUT2D eigenvalue weighted by Gasteiger charge is -2.21. The first-order valence-electron chi connectivity index (χ1n) is 8.31. The first-order valence-corrected chi connectivity index (χ1v) is 8.31. The molecule has 0 saturated carbocycles. The van der Waals surface area contributed by atoms with E-state index in [1.54, 1.807) is 31.2 Å². The van der Waals surface area contributed by atoms with Gasteiger partial charge in [-0.25, -0.2) is 9.18 Å². The molecule has 0 aliphatic heterocycles. The third kappa shape index (κ3) is 5.97. The summed E-state index contributed by atoms with van der Waals surface area (Å²) < 4.78 is 22.8. The molecule has 0 heterocycles. The van der Waals surface area contributed by atoms with Crippen molar-refractivity contribution < 1.29 is 23.5 Å². The molecule has 0 aromatic heterocycles.